The van der Waals surface area contributed by atoms with Gasteiger partial charge in [-0.2, -0.15) is 0 Å². The summed E-state index contributed by atoms with van der Waals surface area (Å²) in [4.78, 5) is 27.6. The molecular formula is C24H33N5OS. The van der Waals surface area contributed by atoms with E-state index in [9.17, 15) is 4.79 Å². The summed E-state index contributed by atoms with van der Waals surface area (Å²) in [6.07, 6.45) is 11.8. The van der Waals surface area contributed by atoms with Crippen LogP contribution in [0.5, 0.6) is 0 Å². The van der Waals surface area contributed by atoms with E-state index in [0.29, 0.717) is 6.04 Å². The second kappa shape index (κ2) is 9.25. The van der Waals surface area contributed by atoms with Gasteiger partial charge < -0.3 is 10.2 Å². The Labute approximate surface area is 189 Å². The summed E-state index contributed by atoms with van der Waals surface area (Å²) in [5.74, 6) is 0.945. The first-order chi connectivity index (χ1) is 15.2. The predicted molar refractivity (Wildman–Crippen MR) is 125 cm³/mol. The van der Waals surface area contributed by atoms with Crippen LogP contribution in [-0.4, -0.2) is 57.9 Å². The second-order valence-electron chi connectivity index (χ2n) is 9.43. The number of fused-ring (bicyclic) bond motifs is 1. The van der Waals surface area contributed by atoms with Crippen molar-refractivity contribution < 1.29 is 4.79 Å². The maximum absolute atomic E-state index is 13.1. The SMILES string of the molecule is C[C@@H]1CCCN(C2CCN(C(=O)c3cnc(NC4CCCc5cccnc54)s3)CC2)C1. The Balaban J connectivity index is 1.18. The van der Waals surface area contributed by atoms with Gasteiger partial charge >= 0.3 is 0 Å². The Hall–Kier alpha value is -1.99. The number of carbonyl (C=O) groups is 1. The van der Waals surface area contributed by atoms with Crippen LogP contribution in [-0.2, 0) is 6.42 Å². The molecule has 2 aliphatic heterocycles. The van der Waals surface area contributed by atoms with E-state index < -0.39 is 0 Å². The zero-order chi connectivity index (χ0) is 21.2. The van der Waals surface area contributed by atoms with Gasteiger partial charge in [-0.25, -0.2) is 4.98 Å². The predicted octanol–water partition coefficient (Wildman–Crippen LogP) is 4.36. The third kappa shape index (κ3) is 4.62. The number of hydrogen-bond donors (Lipinski definition) is 1. The Morgan fingerprint density at radius 2 is 2.00 bits per heavy atom. The number of piperidine rings is 2. The molecule has 4 heterocycles. The molecule has 1 unspecified atom stereocenters. The largest absolute Gasteiger partial charge is 0.353 e. The molecule has 6 nitrogen and oxygen atoms in total. The molecule has 1 amide bonds. The fraction of sp³-hybridized carbons (Fsp3) is 0.625. The molecule has 2 aromatic heterocycles. The van der Waals surface area contributed by atoms with Crippen LogP contribution in [0.25, 0.3) is 0 Å². The van der Waals surface area contributed by atoms with Crippen molar-refractivity contribution in [3.05, 3.63) is 40.7 Å². The first-order valence-electron chi connectivity index (χ1n) is 11.9. The number of amides is 1. The number of nitrogens with zero attached hydrogens (tertiary/aromatic N) is 4. The Morgan fingerprint density at radius 3 is 2.84 bits per heavy atom. The average Bonchev–Trinajstić information content (AvgIpc) is 3.27. The number of thiazole rings is 1. The van der Waals surface area contributed by atoms with Crippen LogP contribution >= 0.6 is 11.3 Å². The molecule has 1 N–H and O–H groups in total. The summed E-state index contributed by atoms with van der Waals surface area (Å²) in [6.45, 7) is 6.53. The maximum atomic E-state index is 13.1. The number of aromatic nitrogens is 2. The second-order valence-corrected chi connectivity index (χ2v) is 10.5. The highest BCUT2D eigenvalue weighted by Crippen LogP contribution is 2.33. The van der Waals surface area contributed by atoms with Gasteiger partial charge in [-0.05, 0) is 69.0 Å². The minimum Gasteiger partial charge on any atom is -0.353 e. The van der Waals surface area contributed by atoms with E-state index in [-0.39, 0.29) is 11.9 Å². The third-order valence-electron chi connectivity index (χ3n) is 7.17. The Morgan fingerprint density at radius 1 is 1.13 bits per heavy atom. The van der Waals surface area contributed by atoms with Gasteiger partial charge in [0.15, 0.2) is 5.13 Å². The van der Waals surface area contributed by atoms with Crippen LogP contribution < -0.4 is 5.32 Å². The highest BCUT2D eigenvalue weighted by atomic mass is 32.1. The van der Waals surface area contributed by atoms with Crippen molar-refractivity contribution in [2.75, 3.05) is 31.5 Å². The van der Waals surface area contributed by atoms with Crippen LogP contribution in [0, 0.1) is 5.92 Å². The molecule has 0 aromatic carbocycles. The van der Waals surface area contributed by atoms with Gasteiger partial charge in [-0.3, -0.25) is 14.7 Å². The van der Waals surface area contributed by atoms with Crippen LogP contribution in [0.2, 0.25) is 0 Å². The zero-order valence-corrected chi connectivity index (χ0v) is 19.2. The van der Waals surface area contributed by atoms with Gasteiger partial charge in [0.25, 0.3) is 5.91 Å². The highest BCUT2D eigenvalue weighted by molar-refractivity contribution is 7.17. The van der Waals surface area contributed by atoms with Crippen molar-refractivity contribution in [1.82, 2.24) is 19.8 Å². The molecule has 5 rings (SSSR count). The summed E-state index contributed by atoms with van der Waals surface area (Å²) < 4.78 is 0. The van der Waals surface area contributed by atoms with Crippen molar-refractivity contribution in [2.45, 2.75) is 64.0 Å². The summed E-state index contributed by atoms with van der Waals surface area (Å²) in [5.41, 5.74) is 2.45. The van der Waals surface area contributed by atoms with E-state index >= 15 is 0 Å². The minimum atomic E-state index is 0.137. The van der Waals surface area contributed by atoms with Crippen molar-refractivity contribution in [2.24, 2.45) is 5.92 Å². The van der Waals surface area contributed by atoms with Crippen LogP contribution in [0.1, 0.15) is 72.4 Å². The number of pyridine rings is 1. The quantitative estimate of drug-likeness (QED) is 0.767. The van der Waals surface area contributed by atoms with E-state index in [4.69, 9.17) is 0 Å². The molecule has 0 radical (unpaired) electrons. The lowest BCUT2D eigenvalue weighted by molar-refractivity contribution is 0.0545. The van der Waals surface area contributed by atoms with Crippen LogP contribution in [0.15, 0.2) is 24.5 Å². The standard InChI is InChI=1S/C24H33N5OS/c1-17-5-4-12-29(16-17)19-9-13-28(14-10-19)23(30)21-15-26-24(31-21)27-20-8-2-6-18-7-3-11-25-22(18)20/h3,7,11,15,17,19-20H,2,4-6,8-10,12-14,16H2,1H3,(H,26,27)/t17-,20?/m1/s1. The lowest BCUT2D eigenvalue weighted by atomic mass is 9.92. The van der Waals surface area contributed by atoms with Crippen molar-refractivity contribution in [1.29, 1.82) is 0 Å². The molecule has 0 bridgehead atoms. The number of carbonyl (C=O) groups excluding carboxylic acids is 1. The summed E-state index contributed by atoms with van der Waals surface area (Å²) in [6, 6.07) is 5.00. The number of anilines is 1. The Kier molecular flexibility index (Phi) is 6.23. The molecule has 3 aliphatic rings. The van der Waals surface area contributed by atoms with E-state index in [1.807, 2.05) is 17.2 Å². The fourth-order valence-electron chi connectivity index (χ4n) is 5.49. The topological polar surface area (TPSA) is 61.4 Å². The number of hydrogen-bond acceptors (Lipinski definition) is 6. The van der Waals surface area contributed by atoms with Gasteiger partial charge in [0.05, 0.1) is 17.9 Å². The van der Waals surface area contributed by atoms with Crippen molar-refractivity contribution >= 4 is 22.4 Å². The molecule has 0 spiro atoms. The number of nitrogens with one attached hydrogen (secondary N) is 1. The van der Waals surface area contributed by atoms with Gasteiger partial charge in [-0.15, -0.1) is 0 Å². The van der Waals surface area contributed by atoms with Crippen LogP contribution in [0.4, 0.5) is 5.13 Å². The molecule has 7 heteroatoms. The number of rotatable bonds is 4. The average molecular weight is 440 g/mol. The number of likely N-dealkylation sites (tertiary alicyclic amines) is 2. The molecular weight excluding hydrogens is 406 g/mol. The fourth-order valence-corrected chi connectivity index (χ4v) is 6.32. The monoisotopic (exact) mass is 439 g/mol. The minimum absolute atomic E-state index is 0.137. The van der Waals surface area contributed by atoms with E-state index in [2.05, 4.69) is 33.2 Å². The lowest BCUT2D eigenvalue weighted by Crippen LogP contribution is -2.49. The summed E-state index contributed by atoms with van der Waals surface area (Å²) in [7, 11) is 0. The van der Waals surface area contributed by atoms with Gasteiger partial charge in [0, 0.05) is 31.9 Å². The Bertz CT molecular complexity index is 907. The molecule has 1 aliphatic carbocycles. The molecule has 2 saturated heterocycles. The molecule has 2 fully saturated rings. The normalized spacial score (nSPS) is 25.3. The molecule has 166 valence electrons. The van der Waals surface area contributed by atoms with E-state index in [1.54, 1.807) is 6.20 Å². The van der Waals surface area contributed by atoms with Gasteiger partial charge in [0.2, 0.25) is 0 Å². The summed E-state index contributed by atoms with van der Waals surface area (Å²) in [5, 5.41) is 4.36. The van der Waals surface area contributed by atoms with Crippen LogP contribution in [0.3, 0.4) is 0 Å². The maximum Gasteiger partial charge on any atom is 0.265 e. The molecule has 0 saturated carbocycles. The number of aryl methyl sites for hydroxylation is 1. The van der Waals surface area contributed by atoms with Crippen molar-refractivity contribution in [3.63, 3.8) is 0 Å². The first kappa shape index (κ1) is 20.9. The van der Waals surface area contributed by atoms with Gasteiger partial charge in [0.1, 0.15) is 4.88 Å². The third-order valence-corrected chi connectivity index (χ3v) is 8.08. The van der Waals surface area contributed by atoms with E-state index in [1.165, 1.54) is 42.8 Å². The van der Waals surface area contributed by atoms with E-state index in [0.717, 1.165) is 66.8 Å². The van der Waals surface area contributed by atoms with Gasteiger partial charge in [-0.1, -0.05) is 24.3 Å². The smallest absolute Gasteiger partial charge is 0.265 e. The molecule has 2 atom stereocenters. The lowest BCUT2D eigenvalue weighted by Gasteiger charge is -2.41. The highest BCUT2D eigenvalue weighted by Gasteiger charge is 2.30. The molecule has 2 aromatic rings. The summed E-state index contributed by atoms with van der Waals surface area (Å²) >= 11 is 1.48. The first-order valence-corrected chi connectivity index (χ1v) is 12.7. The van der Waals surface area contributed by atoms with Crippen molar-refractivity contribution in [3.8, 4) is 0 Å². The molecule has 31 heavy (non-hydrogen) atoms. The zero-order valence-electron chi connectivity index (χ0n) is 18.4.